The zero-order valence-corrected chi connectivity index (χ0v) is 21.6. The predicted octanol–water partition coefficient (Wildman–Crippen LogP) is 6.37. The van der Waals surface area contributed by atoms with E-state index in [1.54, 1.807) is 24.5 Å². The first-order valence-corrected chi connectivity index (χ1v) is 14.7. The number of carbonyl (C=O) groups is 1. The number of rotatable bonds is 5. The fraction of sp³-hybridized carbons (Fsp3) is 0.217. The Morgan fingerprint density at radius 1 is 1.27 bits per heavy atom. The molecule has 0 aliphatic heterocycles. The summed E-state index contributed by atoms with van der Waals surface area (Å²) in [6, 6.07) is 7.24. The van der Waals surface area contributed by atoms with Gasteiger partial charge in [0.05, 0.1) is 23.0 Å². The number of hydrogen-bond acceptors (Lipinski definition) is 4. The number of anilines is 1. The van der Waals surface area contributed by atoms with E-state index in [9.17, 15) is 4.79 Å². The van der Waals surface area contributed by atoms with Crippen LogP contribution in [0.4, 0.5) is 10.2 Å². The minimum absolute atomic E-state index is 0.00133. The standard InChI is InChI=1S/C23H19ClFIN5OP/c1-11-3-5-27-9-15(11)14-7-13-8-18(28-10-16(13)21(24)22(14)25)29-23(32)20-12(2)19(20)17-4-6-31(30-17)33-26/h3-10,12,19-20,33H,1-2H3,(H,28,29,32)/t12?,19-,20+/m1/s1. The molecule has 3 heterocycles. The van der Waals surface area contributed by atoms with Gasteiger partial charge in [0.15, 0.2) is 0 Å². The molecule has 1 aromatic carbocycles. The number of amides is 1. The second-order valence-corrected chi connectivity index (χ2v) is 10.7. The van der Waals surface area contributed by atoms with E-state index in [2.05, 4.69) is 49.3 Å². The summed E-state index contributed by atoms with van der Waals surface area (Å²) in [4.78, 5) is 21.4. The Kier molecular flexibility index (Phi) is 6.09. The molecule has 33 heavy (non-hydrogen) atoms. The Balaban J connectivity index is 1.43. The molecule has 0 spiro atoms. The zero-order chi connectivity index (χ0) is 23.3. The molecular formula is C23H19ClFIN5OP. The van der Waals surface area contributed by atoms with Crippen LogP contribution in [0.25, 0.3) is 21.9 Å². The number of nitrogens with one attached hydrogen (secondary N) is 1. The molecule has 6 nitrogen and oxygen atoms in total. The lowest BCUT2D eigenvalue weighted by Crippen LogP contribution is -2.16. The third-order valence-electron chi connectivity index (χ3n) is 6.20. The number of fused-ring (bicyclic) bond motifs is 1. The molecule has 1 saturated carbocycles. The smallest absolute Gasteiger partial charge is 0.229 e. The van der Waals surface area contributed by atoms with Gasteiger partial charge in [-0.15, -0.1) is 0 Å². The predicted molar refractivity (Wildman–Crippen MR) is 139 cm³/mol. The number of benzene rings is 1. The SMILES string of the molecule is Cc1ccncc1-c1cc2cc(NC(=O)[C@H]3C(C)[C@@H]3c3ccn(PI)n3)ncc2c(Cl)c1F. The van der Waals surface area contributed by atoms with E-state index < -0.39 is 5.82 Å². The van der Waals surface area contributed by atoms with Gasteiger partial charge < -0.3 is 5.32 Å². The molecule has 10 heteroatoms. The summed E-state index contributed by atoms with van der Waals surface area (Å²) in [6.07, 6.45) is 7.24. The van der Waals surface area contributed by atoms with Crippen LogP contribution in [0.3, 0.4) is 0 Å². The summed E-state index contributed by atoms with van der Waals surface area (Å²) in [6.45, 7) is 3.95. The summed E-state index contributed by atoms with van der Waals surface area (Å²) in [5, 5.41) is 8.65. The Bertz CT molecular complexity index is 1400. The fourth-order valence-electron chi connectivity index (χ4n) is 4.33. The molecular weight excluding hydrogens is 575 g/mol. The molecule has 0 saturated heterocycles. The Morgan fingerprint density at radius 2 is 2.09 bits per heavy atom. The maximum atomic E-state index is 15.0. The normalized spacial score (nSPS) is 20.0. The van der Waals surface area contributed by atoms with Gasteiger partial charge in [0.2, 0.25) is 5.91 Å². The van der Waals surface area contributed by atoms with Crippen LogP contribution in [-0.2, 0) is 4.79 Å². The molecule has 3 aromatic heterocycles. The van der Waals surface area contributed by atoms with Crippen LogP contribution in [0.2, 0.25) is 5.02 Å². The highest BCUT2D eigenvalue weighted by Gasteiger charge is 2.53. The van der Waals surface area contributed by atoms with E-state index in [0.29, 0.717) is 34.1 Å². The van der Waals surface area contributed by atoms with Crippen molar-refractivity contribution in [1.29, 1.82) is 0 Å². The van der Waals surface area contributed by atoms with Crippen molar-refractivity contribution >= 4 is 62.5 Å². The summed E-state index contributed by atoms with van der Waals surface area (Å²) >= 11 is 8.61. The third-order valence-corrected chi connectivity index (χ3v) is 8.48. The topological polar surface area (TPSA) is 72.7 Å². The number of carbonyl (C=O) groups excluding carboxylic acids is 1. The van der Waals surface area contributed by atoms with Crippen molar-refractivity contribution in [2.75, 3.05) is 5.32 Å². The molecule has 0 radical (unpaired) electrons. The molecule has 1 aliphatic rings. The van der Waals surface area contributed by atoms with Crippen molar-refractivity contribution in [2.24, 2.45) is 11.8 Å². The van der Waals surface area contributed by atoms with E-state index in [1.807, 2.05) is 29.7 Å². The summed E-state index contributed by atoms with van der Waals surface area (Å²) in [5.74, 6) is -0.0597. The monoisotopic (exact) mass is 593 g/mol. The maximum absolute atomic E-state index is 15.0. The van der Waals surface area contributed by atoms with Gasteiger partial charge in [-0.25, -0.2) is 13.8 Å². The van der Waals surface area contributed by atoms with Crippen molar-refractivity contribution in [2.45, 2.75) is 19.8 Å². The van der Waals surface area contributed by atoms with Crippen LogP contribution in [0.1, 0.15) is 24.1 Å². The number of aryl methyl sites for hydroxylation is 1. The zero-order valence-electron chi connectivity index (χ0n) is 17.7. The fourth-order valence-corrected chi connectivity index (χ4v) is 5.68. The van der Waals surface area contributed by atoms with Gasteiger partial charge in [0.25, 0.3) is 0 Å². The van der Waals surface area contributed by atoms with Gasteiger partial charge >= 0.3 is 0 Å². The quantitative estimate of drug-likeness (QED) is 0.216. The van der Waals surface area contributed by atoms with Gasteiger partial charge in [0, 0.05) is 47.2 Å². The van der Waals surface area contributed by atoms with Crippen LogP contribution in [-0.4, -0.2) is 25.4 Å². The highest BCUT2D eigenvalue weighted by molar-refractivity contribution is 14.2. The minimum atomic E-state index is -0.514. The summed E-state index contributed by atoms with van der Waals surface area (Å²) in [7, 11) is 0. The van der Waals surface area contributed by atoms with Crippen LogP contribution in [0, 0.1) is 24.6 Å². The van der Waals surface area contributed by atoms with Crippen molar-refractivity contribution in [3.05, 3.63) is 71.2 Å². The van der Waals surface area contributed by atoms with Gasteiger partial charge in [-0.2, -0.15) is 5.10 Å². The summed E-state index contributed by atoms with van der Waals surface area (Å²) in [5.41, 5.74) is 2.87. The highest BCUT2D eigenvalue weighted by Crippen LogP contribution is 2.53. The number of halogens is 3. The van der Waals surface area contributed by atoms with Gasteiger partial charge in [-0.3, -0.25) is 9.78 Å². The molecule has 4 atom stereocenters. The first-order valence-electron chi connectivity index (χ1n) is 10.3. The Hall–Kier alpha value is -2.16. The summed E-state index contributed by atoms with van der Waals surface area (Å²) < 4.78 is 16.9. The lowest BCUT2D eigenvalue weighted by atomic mass is 9.99. The van der Waals surface area contributed by atoms with Crippen molar-refractivity contribution in [1.82, 2.24) is 19.5 Å². The first-order chi connectivity index (χ1) is 15.9. The van der Waals surface area contributed by atoms with E-state index in [4.69, 9.17) is 11.6 Å². The number of pyridine rings is 2. The second-order valence-electron chi connectivity index (χ2n) is 8.20. The molecule has 2 unspecified atom stereocenters. The van der Waals surface area contributed by atoms with E-state index in [-0.39, 0.29) is 28.7 Å². The molecule has 1 amide bonds. The number of aromatic nitrogens is 4. The van der Waals surface area contributed by atoms with Crippen molar-refractivity contribution in [3.8, 4) is 11.1 Å². The van der Waals surface area contributed by atoms with Crippen molar-refractivity contribution in [3.63, 3.8) is 0 Å². The average Bonchev–Trinajstić information content (AvgIpc) is 3.25. The molecule has 4 aromatic rings. The molecule has 5 rings (SSSR count). The van der Waals surface area contributed by atoms with E-state index >= 15 is 4.39 Å². The number of hydrogen-bond donors (Lipinski definition) is 1. The number of nitrogens with zero attached hydrogens (tertiary/aromatic N) is 4. The first kappa shape index (κ1) is 22.6. The van der Waals surface area contributed by atoms with Gasteiger partial charge in [-0.1, -0.05) is 18.5 Å². The molecule has 1 N–H and O–H groups in total. The maximum Gasteiger partial charge on any atom is 0.229 e. The Labute approximate surface area is 209 Å². The molecule has 1 aliphatic carbocycles. The Morgan fingerprint density at radius 3 is 2.82 bits per heavy atom. The van der Waals surface area contributed by atoms with Crippen LogP contribution in [0.5, 0.6) is 0 Å². The van der Waals surface area contributed by atoms with Gasteiger partial charge in [0.1, 0.15) is 11.6 Å². The largest absolute Gasteiger partial charge is 0.310 e. The lowest BCUT2D eigenvalue weighted by molar-refractivity contribution is -0.117. The van der Waals surface area contributed by atoms with Crippen LogP contribution >= 0.6 is 40.0 Å². The van der Waals surface area contributed by atoms with Crippen molar-refractivity contribution < 1.29 is 9.18 Å². The average molecular weight is 594 g/mol. The van der Waals surface area contributed by atoms with Crippen LogP contribution < -0.4 is 5.32 Å². The highest BCUT2D eigenvalue weighted by atomic mass is 127. The molecule has 0 bridgehead atoms. The van der Waals surface area contributed by atoms with Crippen LogP contribution in [0.15, 0.2) is 49.1 Å². The minimum Gasteiger partial charge on any atom is -0.310 e. The lowest BCUT2D eigenvalue weighted by Gasteiger charge is -2.12. The molecule has 168 valence electrons. The van der Waals surface area contributed by atoms with E-state index in [0.717, 1.165) is 11.3 Å². The van der Waals surface area contributed by atoms with Gasteiger partial charge in [-0.05, 0) is 70.1 Å². The third kappa shape index (κ3) is 4.13. The second kappa shape index (κ2) is 8.89. The van der Waals surface area contributed by atoms with E-state index in [1.165, 1.54) is 6.20 Å². The molecule has 1 fully saturated rings.